The van der Waals surface area contributed by atoms with Gasteiger partial charge in [0.15, 0.2) is 11.5 Å². The number of ether oxygens (including phenoxy) is 3. The van der Waals surface area contributed by atoms with E-state index in [9.17, 15) is 14.7 Å². The molecule has 0 unspecified atom stereocenters. The molecule has 0 bridgehead atoms. The van der Waals surface area contributed by atoms with Gasteiger partial charge in [0, 0.05) is 6.92 Å². The Morgan fingerprint density at radius 1 is 1.11 bits per heavy atom. The van der Waals surface area contributed by atoms with Crippen LogP contribution >= 0.6 is 0 Å². The lowest BCUT2D eigenvalue weighted by Crippen LogP contribution is -2.13. The normalized spacial score (nSPS) is 8.74. The van der Waals surface area contributed by atoms with Crippen LogP contribution in [0, 0.1) is 6.92 Å². The molecule has 0 atom stereocenters. The summed E-state index contributed by atoms with van der Waals surface area (Å²) in [5.74, 6) is 0.328. The Kier molecular flexibility index (Phi) is 12.3. The fourth-order valence-electron chi connectivity index (χ4n) is 1.74. The molecule has 145 valence electrons. The van der Waals surface area contributed by atoms with Gasteiger partial charge in [-0.15, -0.1) is 6.58 Å². The summed E-state index contributed by atoms with van der Waals surface area (Å²) in [6.45, 7) is 9.76. The monoisotopic (exact) mass is 373 g/mol. The number of hydrogen-bond acceptors (Lipinski definition) is 6. The molecule has 0 fully saturated rings. The largest absolute Gasteiger partial charge is 0.521 e. The van der Waals surface area contributed by atoms with E-state index in [-0.39, 0.29) is 5.75 Å². The highest BCUT2D eigenvalue weighted by Gasteiger charge is 2.07. The van der Waals surface area contributed by atoms with Crippen LogP contribution in [0.2, 0.25) is 0 Å². The second-order valence-corrected chi connectivity index (χ2v) is 4.76. The Morgan fingerprint density at radius 3 is 2.26 bits per heavy atom. The fourth-order valence-corrected chi connectivity index (χ4v) is 1.74. The molecule has 2 aromatic rings. The molecule has 0 aliphatic heterocycles. The third-order valence-electron chi connectivity index (χ3n) is 2.80. The van der Waals surface area contributed by atoms with Crippen molar-refractivity contribution in [2.75, 3.05) is 7.11 Å². The van der Waals surface area contributed by atoms with Crippen molar-refractivity contribution >= 4 is 12.1 Å². The average Bonchev–Trinajstić information content (AvgIpc) is 2.66. The van der Waals surface area contributed by atoms with Gasteiger partial charge in [0.25, 0.3) is 0 Å². The minimum Gasteiger partial charge on any atom is -0.504 e. The molecule has 2 rings (SSSR count). The van der Waals surface area contributed by atoms with E-state index in [0.29, 0.717) is 11.5 Å². The van der Waals surface area contributed by atoms with Crippen LogP contribution in [0.5, 0.6) is 17.2 Å². The van der Waals surface area contributed by atoms with Crippen molar-refractivity contribution in [1.29, 1.82) is 0 Å². The Morgan fingerprint density at radius 2 is 1.74 bits per heavy atom. The number of benzene rings is 2. The molecular weight excluding hydrogens is 348 g/mol. The molecule has 0 saturated heterocycles. The number of allylic oxidation sites excluding steroid dienone is 1. The molecular formula is C21H25O6. The maximum absolute atomic E-state index is 10.8. The Hall–Kier alpha value is -3.28. The van der Waals surface area contributed by atoms with Gasteiger partial charge in [-0.1, -0.05) is 44.2 Å². The summed E-state index contributed by atoms with van der Waals surface area (Å²) in [5, 5.41) is 9.25. The summed E-state index contributed by atoms with van der Waals surface area (Å²) >= 11 is 0. The van der Waals surface area contributed by atoms with Crippen LogP contribution in [-0.2, 0) is 16.0 Å². The lowest BCUT2D eigenvalue weighted by Gasteiger charge is -2.04. The number of hydrogen-bond donors (Lipinski definition) is 1. The van der Waals surface area contributed by atoms with E-state index in [4.69, 9.17) is 4.74 Å². The minimum atomic E-state index is -1.02. The molecule has 0 aromatic heterocycles. The summed E-state index contributed by atoms with van der Waals surface area (Å²) in [6, 6.07) is 13.6. The maximum Gasteiger partial charge on any atom is 0.521 e. The summed E-state index contributed by atoms with van der Waals surface area (Å²) in [4.78, 5) is 21.1. The van der Waals surface area contributed by atoms with E-state index in [2.05, 4.69) is 23.0 Å². The summed E-state index contributed by atoms with van der Waals surface area (Å²) < 4.78 is 13.7. The number of phenolic OH excluding ortho intramolecular Hbond substituents is 1. The van der Waals surface area contributed by atoms with Crippen molar-refractivity contribution < 1.29 is 28.9 Å². The van der Waals surface area contributed by atoms with Gasteiger partial charge in [0.05, 0.1) is 7.11 Å². The lowest BCUT2D eigenvalue weighted by atomic mass is 10.1. The van der Waals surface area contributed by atoms with Crippen LogP contribution < -0.4 is 9.47 Å². The average molecular weight is 373 g/mol. The SMILES string of the molecule is C=CCc1ccc(O)c(OC)c1.CC(=O)OC(=O)Oc1ccccc1.[CH2]C. The zero-order chi connectivity index (χ0) is 20.7. The van der Waals surface area contributed by atoms with Gasteiger partial charge >= 0.3 is 12.1 Å². The van der Waals surface area contributed by atoms with Gasteiger partial charge in [-0.05, 0) is 36.2 Å². The number of carbonyl (C=O) groups excluding carboxylic acids is 2. The van der Waals surface area contributed by atoms with Gasteiger partial charge in [-0.25, -0.2) is 4.79 Å². The predicted molar refractivity (Wildman–Crippen MR) is 104 cm³/mol. The third-order valence-corrected chi connectivity index (χ3v) is 2.80. The van der Waals surface area contributed by atoms with Crippen molar-refractivity contribution in [2.24, 2.45) is 0 Å². The van der Waals surface area contributed by atoms with E-state index in [0.717, 1.165) is 18.9 Å². The molecule has 0 heterocycles. The van der Waals surface area contributed by atoms with Crippen LogP contribution in [-0.4, -0.2) is 24.3 Å². The second-order valence-electron chi connectivity index (χ2n) is 4.76. The summed E-state index contributed by atoms with van der Waals surface area (Å²) in [6.07, 6.45) is 1.58. The van der Waals surface area contributed by atoms with Crippen LogP contribution in [0.25, 0.3) is 0 Å². The molecule has 0 amide bonds. The Bertz CT molecular complexity index is 710. The van der Waals surface area contributed by atoms with Gasteiger partial charge in [-0.3, -0.25) is 4.79 Å². The minimum absolute atomic E-state index is 0.172. The van der Waals surface area contributed by atoms with E-state index in [1.165, 1.54) is 7.11 Å². The number of methoxy groups -OCH3 is 1. The molecule has 1 N–H and O–H groups in total. The highest BCUT2D eigenvalue weighted by atomic mass is 16.7. The van der Waals surface area contributed by atoms with E-state index >= 15 is 0 Å². The zero-order valence-corrected chi connectivity index (χ0v) is 15.8. The molecule has 1 radical (unpaired) electrons. The highest BCUT2D eigenvalue weighted by molar-refractivity contribution is 5.81. The predicted octanol–water partition coefficient (Wildman–Crippen LogP) is 4.72. The smallest absolute Gasteiger partial charge is 0.504 e. The molecule has 2 aromatic carbocycles. The molecule has 6 heteroatoms. The summed E-state index contributed by atoms with van der Waals surface area (Å²) in [5.41, 5.74) is 1.08. The van der Waals surface area contributed by atoms with Crippen molar-refractivity contribution in [2.45, 2.75) is 20.3 Å². The highest BCUT2D eigenvalue weighted by Crippen LogP contribution is 2.26. The molecule has 0 saturated carbocycles. The maximum atomic E-state index is 10.8. The van der Waals surface area contributed by atoms with Crippen molar-refractivity contribution in [3.63, 3.8) is 0 Å². The Labute approximate surface area is 160 Å². The van der Waals surface area contributed by atoms with Crippen molar-refractivity contribution in [3.05, 3.63) is 73.7 Å². The first-order valence-electron chi connectivity index (χ1n) is 8.09. The number of aromatic hydroxyl groups is 1. The topological polar surface area (TPSA) is 82.1 Å². The van der Waals surface area contributed by atoms with Gasteiger partial charge in [-0.2, -0.15) is 0 Å². The fraction of sp³-hybridized carbons (Fsp3) is 0.190. The standard InChI is InChI=1S/C10H12O2.C9H8O4.C2H5/c1-3-4-8-5-6-9(11)10(7-8)12-2;1-7(10)12-9(11)13-8-5-3-2-4-6-8;1-2/h3,5-7,11H,1,4H2,2H3;2-6H,1H3;1H2,2H3. The van der Waals surface area contributed by atoms with Crippen LogP contribution in [0.15, 0.2) is 61.2 Å². The van der Waals surface area contributed by atoms with Gasteiger partial charge in [0.2, 0.25) is 0 Å². The molecule has 0 aliphatic carbocycles. The van der Waals surface area contributed by atoms with Gasteiger partial charge in [0.1, 0.15) is 5.75 Å². The third kappa shape index (κ3) is 10.3. The van der Waals surface area contributed by atoms with Crippen molar-refractivity contribution in [1.82, 2.24) is 0 Å². The molecule has 0 spiro atoms. The first-order valence-corrected chi connectivity index (χ1v) is 8.09. The quantitative estimate of drug-likeness (QED) is 0.361. The van der Waals surface area contributed by atoms with E-state index < -0.39 is 12.1 Å². The van der Waals surface area contributed by atoms with Gasteiger partial charge < -0.3 is 19.3 Å². The number of carbonyl (C=O) groups is 2. The van der Waals surface area contributed by atoms with Crippen LogP contribution in [0.1, 0.15) is 19.4 Å². The first kappa shape index (κ1) is 23.7. The first-order chi connectivity index (χ1) is 13.0. The van der Waals surface area contributed by atoms with Crippen LogP contribution in [0.4, 0.5) is 4.79 Å². The number of esters is 1. The number of phenols is 1. The van der Waals surface area contributed by atoms with E-state index in [1.807, 2.05) is 12.1 Å². The molecule has 27 heavy (non-hydrogen) atoms. The number of rotatable bonds is 4. The van der Waals surface area contributed by atoms with Crippen molar-refractivity contribution in [3.8, 4) is 17.2 Å². The lowest BCUT2D eigenvalue weighted by molar-refractivity contribution is -0.136. The summed E-state index contributed by atoms with van der Waals surface area (Å²) in [7, 11) is 1.53. The Balaban J connectivity index is 0.000000460. The molecule has 6 nitrogen and oxygen atoms in total. The number of para-hydroxylation sites is 1. The van der Waals surface area contributed by atoms with Crippen LogP contribution in [0.3, 0.4) is 0 Å². The molecule has 0 aliphatic rings. The zero-order valence-electron chi connectivity index (χ0n) is 15.8. The second kappa shape index (κ2) is 13.9. The van der Waals surface area contributed by atoms with E-state index in [1.54, 1.807) is 49.4 Å².